The molecule has 0 bridgehead atoms. The largest absolute Gasteiger partial charge is 0.481 e. The van der Waals surface area contributed by atoms with E-state index in [1.54, 1.807) is 12.1 Å². The summed E-state index contributed by atoms with van der Waals surface area (Å²) in [5.41, 5.74) is 1.64. The lowest BCUT2D eigenvalue weighted by Gasteiger charge is -2.05. The second-order valence-electron chi connectivity index (χ2n) is 3.82. The molecule has 0 saturated heterocycles. The van der Waals surface area contributed by atoms with Crippen LogP contribution in [-0.4, -0.2) is 17.6 Å². The molecule has 0 aromatic heterocycles. The second-order valence-corrected chi connectivity index (χ2v) is 3.82. The van der Waals surface area contributed by atoms with Crippen molar-refractivity contribution in [3.05, 3.63) is 29.8 Å². The highest BCUT2D eigenvalue weighted by Gasteiger charge is 1.96. The molecule has 0 unspecified atom stereocenters. The number of nitrogens with one attached hydrogen (secondary N) is 1. The zero-order valence-corrected chi connectivity index (χ0v) is 9.65. The van der Waals surface area contributed by atoms with Gasteiger partial charge in [-0.15, -0.1) is 0 Å². The molecule has 2 N–H and O–H groups in total. The fourth-order valence-corrected chi connectivity index (χ4v) is 1.47. The van der Waals surface area contributed by atoms with Crippen LogP contribution in [0.3, 0.4) is 0 Å². The van der Waals surface area contributed by atoms with E-state index >= 15 is 0 Å². The van der Waals surface area contributed by atoms with Crippen LogP contribution in [0.25, 0.3) is 0 Å². The number of rotatable bonds is 7. The average molecular weight is 232 g/mol. The molecule has 0 amide bonds. The number of unbranched alkanes of at least 4 members (excludes halogenated alkanes) is 2. The molecule has 0 spiro atoms. The summed E-state index contributed by atoms with van der Waals surface area (Å²) < 4.78 is 0. The van der Waals surface area contributed by atoms with Crippen LogP contribution in [0.1, 0.15) is 31.2 Å². The number of benzene rings is 1. The Morgan fingerprint density at radius 3 is 2.53 bits per heavy atom. The fraction of sp³-hybridized carbons (Fsp3) is 0.385. The van der Waals surface area contributed by atoms with Crippen molar-refractivity contribution in [3.8, 4) is 6.07 Å². The summed E-state index contributed by atoms with van der Waals surface area (Å²) in [4.78, 5) is 10.3. The van der Waals surface area contributed by atoms with Gasteiger partial charge < -0.3 is 10.4 Å². The predicted molar refractivity (Wildman–Crippen MR) is 65.8 cm³/mol. The molecular weight excluding hydrogens is 216 g/mol. The van der Waals surface area contributed by atoms with E-state index in [4.69, 9.17) is 10.4 Å². The van der Waals surface area contributed by atoms with Gasteiger partial charge in [-0.1, -0.05) is 6.42 Å². The summed E-state index contributed by atoms with van der Waals surface area (Å²) in [7, 11) is 0. The predicted octanol–water partition coefficient (Wildman–Crippen LogP) is 2.62. The van der Waals surface area contributed by atoms with Crippen LogP contribution in [0.2, 0.25) is 0 Å². The molecule has 1 aromatic carbocycles. The molecule has 0 aliphatic carbocycles. The van der Waals surface area contributed by atoms with E-state index in [2.05, 4.69) is 11.4 Å². The minimum atomic E-state index is -0.731. The number of nitrogens with zero attached hydrogens (tertiary/aromatic N) is 1. The molecule has 17 heavy (non-hydrogen) atoms. The first-order valence-electron chi connectivity index (χ1n) is 5.68. The first-order valence-corrected chi connectivity index (χ1v) is 5.68. The Hall–Kier alpha value is -2.02. The molecule has 1 rings (SSSR count). The van der Waals surface area contributed by atoms with E-state index in [1.165, 1.54) is 0 Å². The lowest BCUT2D eigenvalue weighted by Crippen LogP contribution is -2.02. The van der Waals surface area contributed by atoms with E-state index in [1.807, 2.05) is 12.1 Å². The Morgan fingerprint density at radius 2 is 1.94 bits per heavy atom. The number of nitriles is 1. The quantitative estimate of drug-likeness (QED) is 0.709. The molecule has 0 fully saturated rings. The van der Waals surface area contributed by atoms with E-state index < -0.39 is 5.97 Å². The zero-order valence-electron chi connectivity index (χ0n) is 9.65. The molecule has 0 radical (unpaired) electrons. The second kappa shape index (κ2) is 7.29. The first kappa shape index (κ1) is 13.0. The van der Waals surface area contributed by atoms with E-state index in [-0.39, 0.29) is 6.42 Å². The lowest BCUT2D eigenvalue weighted by molar-refractivity contribution is -0.137. The van der Waals surface area contributed by atoms with Crippen molar-refractivity contribution in [1.29, 1.82) is 5.26 Å². The van der Waals surface area contributed by atoms with Gasteiger partial charge in [0.1, 0.15) is 0 Å². The summed E-state index contributed by atoms with van der Waals surface area (Å²) in [6.07, 6.45) is 2.84. The van der Waals surface area contributed by atoms with Crippen LogP contribution < -0.4 is 5.32 Å². The third kappa shape index (κ3) is 5.57. The summed E-state index contributed by atoms with van der Waals surface area (Å²) in [5, 5.41) is 20.3. The highest BCUT2D eigenvalue weighted by Crippen LogP contribution is 2.09. The van der Waals surface area contributed by atoms with Gasteiger partial charge in [0.2, 0.25) is 0 Å². The van der Waals surface area contributed by atoms with E-state index in [9.17, 15) is 4.79 Å². The number of hydrogen-bond donors (Lipinski definition) is 2. The van der Waals surface area contributed by atoms with Crippen LogP contribution in [-0.2, 0) is 4.79 Å². The van der Waals surface area contributed by atoms with Gasteiger partial charge in [-0.05, 0) is 37.1 Å². The van der Waals surface area contributed by atoms with Crippen LogP contribution in [0.4, 0.5) is 5.69 Å². The van der Waals surface area contributed by atoms with Crippen molar-refractivity contribution in [2.24, 2.45) is 0 Å². The molecule has 4 nitrogen and oxygen atoms in total. The van der Waals surface area contributed by atoms with Gasteiger partial charge in [0.05, 0.1) is 11.6 Å². The normalized spacial score (nSPS) is 9.59. The van der Waals surface area contributed by atoms with Gasteiger partial charge in [-0.3, -0.25) is 4.79 Å². The van der Waals surface area contributed by atoms with Crippen LogP contribution >= 0.6 is 0 Å². The van der Waals surface area contributed by atoms with Gasteiger partial charge in [0.15, 0.2) is 0 Å². The fourth-order valence-electron chi connectivity index (χ4n) is 1.47. The highest BCUT2D eigenvalue weighted by atomic mass is 16.4. The minimum Gasteiger partial charge on any atom is -0.481 e. The Bertz CT molecular complexity index is 393. The number of carboxylic acid groups (broad SMARTS) is 1. The zero-order chi connectivity index (χ0) is 12.5. The number of aliphatic carboxylic acids is 1. The van der Waals surface area contributed by atoms with E-state index in [0.717, 1.165) is 31.5 Å². The standard InChI is InChI=1S/C13H16N2O2/c14-10-11-5-7-12(8-6-11)15-9-3-1-2-4-13(16)17/h5-8,15H,1-4,9H2,(H,16,17). The first-order chi connectivity index (χ1) is 8.22. The number of hydrogen-bond acceptors (Lipinski definition) is 3. The van der Waals surface area contributed by atoms with Crippen LogP contribution in [0, 0.1) is 11.3 Å². The van der Waals surface area contributed by atoms with Crippen molar-refractivity contribution < 1.29 is 9.90 Å². The maximum Gasteiger partial charge on any atom is 0.303 e. The summed E-state index contributed by atoms with van der Waals surface area (Å²) in [6, 6.07) is 9.35. The van der Waals surface area contributed by atoms with E-state index in [0.29, 0.717) is 5.56 Å². The molecule has 4 heteroatoms. The molecular formula is C13H16N2O2. The molecule has 0 aliphatic heterocycles. The van der Waals surface area contributed by atoms with Crippen molar-refractivity contribution in [2.45, 2.75) is 25.7 Å². The van der Waals surface area contributed by atoms with Crippen molar-refractivity contribution >= 4 is 11.7 Å². The van der Waals surface area contributed by atoms with Crippen molar-refractivity contribution in [3.63, 3.8) is 0 Å². The maximum absolute atomic E-state index is 10.3. The summed E-state index contributed by atoms with van der Waals surface area (Å²) in [5.74, 6) is -0.731. The van der Waals surface area contributed by atoms with Gasteiger partial charge in [0.25, 0.3) is 0 Å². The molecule has 90 valence electrons. The molecule has 1 aromatic rings. The third-order valence-electron chi connectivity index (χ3n) is 2.41. The Balaban J connectivity index is 2.14. The number of carbonyl (C=O) groups is 1. The summed E-state index contributed by atoms with van der Waals surface area (Å²) in [6.45, 7) is 0.825. The Kier molecular flexibility index (Phi) is 5.59. The van der Waals surface area contributed by atoms with Crippen LogP contribution in [0.15, 0.2) is 24.3 Å². The number of anilines is 1. The molecule has 0 saturated carbocycles. The minimum absolute atomic E-state index is 0.247. The van der Waals surface area contributed by atoms with Gasteiger partial charge in [0, 0.05) is 18.7 Å². The number of carboxylic acids is 1. The van der Waals surface area contributed by atoms with Crippen molar-refractivity contribution in [1.82, 2.24) is 0 Å². The van der Waals surface area contributed by atoms with Gasteiger partial charge in [-0.2, -0.15) is 5.26 Å². The Morgan fingerprint density at radius 1 is 1.24 bits per heavy atom. The monoisotopic (exact) mass is 232 g/mol. The smallest absolute Gasteiger partial charge is 0.303 e. The summed E-state index contributed by atoms with van der Waals surface area (Å²) >= 11 is 0. The highest BCUT2D eigenvalue weighted by molar-refractivity contribution is 5.66. The third-order valence-corrected chi connectivity index (χ3v) is 2.41. The average Bonchev–Trinajstić information content (AvgIpc) is 2.34. The van der Waals surface area contributed by atoms with Gasteiger partial charge in [-0.25, -0.2) is 0 Å². The lowest BCUT2D eigenvalue weighted by atomic mass is 10.2. The SMILES string of the molecule is N#Cc1ccc(NCCCCCC(=O)O)cc1. The van der Waals surface area contributed by atoms with Gasteiger partial charge >= 0.3 is 5.97 Å². The van der Waals surface area contributed by atoms with Crippen molar-refractivity contribution in [2.75, 3.05) is 11.9 Å². The van der Waals surface area contributed by atoms with Crippen LogP contribution in [0.5, 0.6) is 0 Å². The molecule has 0 aliphatic rings. The maximum atomic E-state index is 10.3. The topological polar surface area (TPSA) is 73.1 Å². The molecule has 0 atom stereocenters. The Labute approximate surface area is 101 Å². The molecule has 0 heterocycles.